The molecule has 16 heavy (non-hydrogen) atoms. The van der Waals surface area contributed by atoms with Crippen molar-refractivity contribution in [2.24, 2.45) is 0 Å². The van der Waals surface area contributed by atoms with Gasteiger partial charge >= 0.3 is 5.97 Å². The van der Waals surface area contributed by atoms with Gasteiger partial charge in [-0.1, -0.05) is 23.1 Å². The summed E-state index contributed by atoms with van der Waals surface area (Å²) in [4.78, 5) is 14.3. The van der Waals surface area contributed by atoms with Gasteiger partial charge in [0.05, 0.1) is 0 Å². The second-order valence-corrected chi connectivity index (χ2v) is 5.67. The summed E-state index contributed by atoms with van der Waals surface area (Å²) < 4.78 is 6.49. The van der Waals surface area contributed by atoms with Gasteiger partial charge in [-0.15, -0.1) is 10.2 Å². The summed E-state index contributed by atoms with van der Waals surface area (Å²) in [5.74, 6) is -1.11. The van der Waals surface area contributed by atoms with E-state index in [0.29, 0.717) is 4.34 Å². The van der Waals surface area contributed by atoms with Crippen LogP contribution in [0.2, 0.25) is 0 Å². The average Bonchev–Trinajstić information content (AvgIpc) is 2.87. The minimum Gasteiger partial charge on any atom is -0.476 e. The summed E-state index contributed by atoms with van der Waals surface area (Å²) in [6, 6.07) is 0. The largest absolute Gasteiger partial charge is 0.476 e. The Balaban J connectivity index is 2.11. The molecule has 0 radical (unpaired) electrons. The SMILES string of the molecule is CSc1nnc(Sc2nc(C(=O)O)co2)s1. The smallest absolute Gasteiger partial charge is 0.357 e. The maximum Gasteiger partial charge on any atom is 0.357 e. The topological polar surface area (TPSA) is 89.1 Å². The van der Waals surface area contributed by atoms with Crippen molar-refractivity contribution in [1.29, 1.82) is 0 Å². The number of nitrogens with zero attached hydrogens (tertiary/aromatic N) is 3. The molecule has 0 bridgehead atoms. The molecule has 9 heteroatoms. The van der Waals surface area contributed by atoms with Crippen LogP contribution in [0.25, 0.3) is 0 Å². The molecule has 2 heterocycles. The van der Waals surface area contributed by atoms with E-state index in [9.17, 15) is 4.79 Å². The van der Waals surface area contributed by atoms with Crippen molar-refractivity contribution in [3.63, 3.8) is 0 Å². The molecule has 0 fully saturated rings. The van der Waals surface area contributed by atoms with E-state index in [-0.39, 0.29) is 10.9 Å². The number of aromatic carboxylic acids is 1. The summed E-state index contributed by atoms with van der Waals surface area (Å²) in [5, 5.41) is 16.7. The Morgan fingerprint density at radius 2 is 2.25 bits per heavy atom. The zero-order valence-electron chi connectivity index (χ0n) is 7.91. The van der Waals surface area contributed by atoms with Crippen molar-refractivity contribution in [3.05, 3.63) is 12.0 Å². The number of carboxylic acids is 1. The van der Waals surface area contributed by atoms with E-state index in [1.807, 2.05) is 6.26 Å². The lowest BCUT2D eigenvalue weighted by Gasteiger charge is -1.86. The molecule has 0 unspecified atom stereocenters. The number of oxazole rings is 1. The van der Waals surface area contributed by atoms with Crippen LogP contribution in [-0.2, 0) is 0 Å². The second-order valence-electron chi connectivity index (χ2n) is 2.44. The number of aromatic nitrogens is 3. The van der Waals surface area contributed by atoms with E-state index < -0.39 is 5.97 Å². The minimum atomic E-state index is -1.11. The molecule has 0 amide bonds. The average molecular weight is 275 g/mol. The molecule has 0 aliphatic carbocycles. The first-order chi connectivity index (χ1) is 7.69. The Morgan fingerprint density at radius 3 is 2.81 bits per heavy atom. The first-order valence-electron chi connectivity index (χ1n) is 3.93. The van der Waals surface area contributed by atoms with E-state index in [2.05, 4.69) is 15.2 Å². The second kappa shape index (κ2) is 4.85. The Morgan fingerprint density at radius 1 is 1.50 bits per heavy atom. The highest BCUT2D eigenvalue weighted by Crippen LogP contribution is 2.32. The van der Waals surface area contributed by atoms with Crippen LogP contribution in [0.4, 0.5) is 0 Å². The molecular weight excluding hydrogens is 270 g/mol. The van der Waals surface area contributed by atoms with Gasteiger partial charge in [-0.3, -0.25) is 0 Å². The maximum absolute atomic E-state index is 10.6. The molecule has 84 valence electrons. The summed E-state index contributed by atoms with van der Waals surface area (Å²) in [6.07, 6.45) is 3.00. The van der Waals surface area contributed by atoms with E-state index >= 15 is 0 Å². The van der Waals surface area contributed by atoms with E-state index in [4.69, 9.17) is 9.52 Å². The van der Waals surface area contributed by atoms with Gasteiger partial charge < -0.3 is 9.52 Å². The van der Waals surface area contributed by atoms with Crippen LogP contribution < -0.4 is 0 Å². The quantitative estimate of drug-likeness (QED) is 0.848. The molecule has 0 aromatic carbocycles. The first kappa shape index (κ1) is 11.4. The number of hydrogen-bond acceptors (Lipinski definition) is 8. The molecule has 2 rings (SSSR count). The van der Waals surface area contributed by atoms with E-state index in [0.717, 1.165) is 22.4 Å². The van der Waals surface area contributed by atoms with Crippen LogP contribution in [0.3, 0.4) is 0 Å². The minimum absolute atomic E-state index is 0.114. The Labute approximate surface area is 102 Å². The van der Waals surface area contributed by atoms with Crippen LogP contribution in [0.15, 0.2) is 24.6 Å². The fourth-order valence-corrected chi connectivity index (χ4v) is 3.05. The molecule has 1 N–H and O–H groups in total. The molecule has 0 aliphatic heterocycles. The summed E-state index contributed by atoms with van der Waals surface area (Å²) in [5.41, 5.74) is -0.114. The number of rotatable bonds is 4. The van der Waals surface area contributed by atoms with E-state index in [1.165, 1.54) is 23.1 Å². The zero-order valence-corrected chi connectivity index (χ0v) is 10.4. The molecular formula is C7H5N3O3S3. The van der Waals surface area contributed by atoms with Crippen LogP contribution in [-0.4, -0.2) is 32.5 Å². The van der Waals surface area contributed by atoms with Gasteiger partial charge in [0.1, 0.15) is 6.26 Å². The van der Waals surface area contributed by atoms with Gasteiger partial charge in [0, 0.05) is 11.8 Å². The van der Waals surface area contributed by atoms with Crippen LogP contribution >= 0.6 is 34.9 Å². The first-order valence-corrected chi connectivity index (χ1v) is 6.79. The highest BCUT2D eigenvalue weighted by Gasteiger charge is 2.13. The third kappa shape index (κ3) is 2.54. The van der Waals surface area contributed by atoms with E-state index in [1.54, 1.807) is 0 Å². The van der Waals surface area contributed by atoms with Crippen molar-refractivity contribution >= 4 is 40.8 Å². The highest BCUT2D eigenvalue weighted by atomic mass is 32.2. The third-order valence-electron chi connectivity index (χ3n) is 1.44. The fraction of sp³-hybridized carbons (Fsp3) is 0.143. The zero-order chi connectivity index (χ0) is 11.5. The molecule has 2 aromatic heterocycles. The highest BCUT2D eigenvalue weighted by molar-refractivity contribution is 8.02. The standard InChI is InChI=1S/C7H5N3O3S3/c1-14-6-9-10-7(16-6)15-5-8-3(2-13-5)4(11)12/h2H,1H3,(H,11,12). The molecule has 2 aromatic rings. The van der Waals surface area contributed by atoms with Crippen molar-refractivity contribution in [3.8, 4) is 0 Å². The molecule has 6 nitrogen and oxygen atoms in total. The number of hydrogen-bond donors (Lipinski definition) is 1. The normalized spacial score (nSPS) is 10.6. The van der Waals surface area contributed by atoms with Gasteiger partial charge in [-0.25, -0.2) is 4.79 Å². The monoisotopic (exact) mass is 275 g/mol. The van der Waals surface area contributed by atoms with Crippen molar-refractivity contribution in [2.75, 3.05) is 6.26 Å². The number of carbonyl (C=O) groups is 1. The lowest BCUT2D eigenvalue weighted by Crippen LogP contribution is -1.95. The summed E-state index contributed by atoms with van der Waals surface area (Å²) in [7, 11) is 0. The van der Waals surface area contributed by atoms with Gasteiger partial charge in [-0.2, -0.15) is 4.98 Å². The van der Waals surface area contributed by atoms with Gasteiger partial charge in [-0.05, 0) is 6.26 Å². The lowest BCUT2D eigenvalue weighted by atomic mass is 10.5. The third-order valence-corrected chi connectivity index (χ3v) is 4.25. The Kier molecular flexibility index (Phi) is 3.46. The fourth-order valence-electron chi connectivity index (χ4n) is 0.798. The van der Waals surface area contributed by atoms with Crippen molar-refractivity contribution < 1.29 is 14.3 Å². The molecule has 0 saturated heterocycles. The summed E-state index contributed by atoms with van der Waals surface area (Å²) in [6.45, 7) is 0. The molecule has 0 atom stereocenters. The number of carboxylic acid groups (broad SMARTS) is 1. The molecule has 0 aliphatic rings. The van der Waals surface area contributed by atoms with Crippen LogP contribution in [0.1, 0.15) is 10.5 Å². The van der Waals surface area contributed by atoms with Crippen LogP contribution in [0, 0.1) is 0 Å². The summed E-state index contributed by atoms with van der Waals surface area (Å²) >= 11 is 4.05. The van der Waals surface area contributed by atoms with Gasteiger partial charge in [0.25, 0.3) is 5.22 Å². The van der Waals surface area contributed by atoms with Gasteiger partial charge in [0.15, 0.2) is 14.4 Å². The maximum atomic E-state index is 10.6. The Hall–Kier alpha value is -1.06. The van der Waals surface area contributed by atoms with Gasteiger partial charge in [0.2, 0.25) is 0 Å². The van der Waals surface area contributed by atoms with Crippen LogP contribution in [0.5, 0.6) is 0 Å². The predicted octanol–water partition coefficient (Wildman–Crippen LogP) is 2.10. The Bertz CT molecular complexity index is 510. The van der Waals surface area contributed by atoms with Crippen molar-refractivity contribution in [1.82, 2.24) is 15.2 Å². The molecule has 0 spiro atoms. The molecule has 0 saturated carbocycles. The number of thioether (sulfide) groups is 1. The predicted molar refractivity (Wildman–Crippen MR) is 59.3 cm³/mol. The lowest BCUT2D eigenvalue weighted by molar-refractivity contribution is 0.0690. The van der Waals surface area contributed by atoms with Crippen molar-refractivity contribution in [2.45, 2.75) is 13.9 Å².